The van der Waals surface area contributed by atoms with Gasteiger partial charge in [-0.2, -0.15) is 5.10 Å². The molecule has 0 spiro atoms. The van der Waals surface area contributed by atoms with Crippen LogP contribution in [0.4, 0.5) is 0 Å². The number of carbonyl (C=O) groups excluding carboxylic acids is 2. The number of carbonyl (C=O) groups is 2. The second-order valence-electron chi connectivity index (χ2n) is 7.65. The van der Waals surface area contributed by atoms with Gasteiger partial charge in [0, 0.05) is 35.1 Å². The number of thioether (sulfide) groups is 1. The Labute approximate surface area is 199 Å². The summed E-state index contributed by atoms with van der Waals surface area (Å²) in [5.41, 5.74) is 7.73. The van der Waals surface area contributed by atoms with E-state index in [9.17, 15) is 14.4 Å². The van der Waals surface area contributed by atoms with Gasteiger partial charge in [-0.05, 0) is 43.7 Å². The van der Waals surface area contributed by atoms with Crippen molar-refractivity contribution in [3.05, 3.63) is 93.2 Å². The summed E-state index contributed by atoms with van der Waals surface area (Å²) in [5, 5.41) is 5.54. The fourth-order valence-corrected chi connectivity index (χ4v) is 4.28. The number of aryl methyl sites for hydroxylation is 3. The van der Waals surface area contributed by atoms with Gasteiger partial charge in [-0.3, -0.25) is 25.2 Å². The molecule has 0 aliphatic rings. The summed E-state index contributed by atoms with van der Waals surface area (Å²) >= 11 is 1.52. The van der Waals surface area contributed by atoms with Gasteiger partial charge in [0.25, 0.3) is 17.4 Å². The van der Waals surface area contributed by atoms with Crippen LogP contribution >= 0.6 is 11.8 Å². The second-order valence-corrected chi connectivity index (χ2v) is 8.59. The topological polar surface area (TPSA) is 119 Å². The number of benzene rings is 2. The lowest BCUT2D eigenvalue weighted by molar-refractivity contribution is 0.0844. The summed E-state index contributed by atoms with van der Waals surface area (Å²) in [4.78, 5) is 46.2. The van der Waals surface area contributed by atoms with Gasteiger partial charge in [-0.25, -0.2) is 14.6 Å². The molecule has 0 saturated carbocycles. The van der Waals surface area contributed by atoms with Gasteiger partial charge < -0.3 is 0 Å². The predicted molar refractivity (Wildman–Crippen MR) is 129 cm³/mol. The first kappa shape index (κ1) is 23.1. The van der Waals surface area contributed by atoms with Crippen molar-refractivity contribution in [2.45, 2.75) is 24.8 Å². The molecule has 0 aliphatic heterocycles. The van der Waals surface area contributed by atoms with Crippen molar-refractivity contribution in [3.8, 4) is 0 Å². The average molecular weight is 475 g/mol. The zero-order valence-electron chi connectivity index (χ0n) is 18.8. The van der Waals surface area contributed by atoms with Crippen LogP contribution in [0.1, 0.15) is 37.8 Å². The van der Waals surface area contributed by atoms with Crippen LogP contribution < -0.4 is 16.4 Å². The minimum atomic E-state index is -0.624. The Bertz CT molecular complexity index is 1430. The molecule has 2 amide bonds. The van der Waals surface area contributed by atoms with Crippen molar-refractivity contribution >= 4 is 34.3 Å². The minimum Gasteiger partial charge on any atom is -0.267 e. The summed E-state index contributed by atoms with van der Waals surface area (Å²) in [5.74, 6) is -0.437. The van der Waals surface area contributed by atoms with Crippen LogP contribution in [-0.4, -0.2) is 31.6 Å². The number of nitrogens with zero attached hydrogens (tertiary/aromatic N) is 4. The maximum Gasteiger partial charge on any atom is 0.290 e. The number of hydrogen-bond donors (Lipinski definition) is 2. The summed E-state index contributed by atoms with van der Waals surface area (Å²) < 4.78 is 1.10. The molecular weight excluding hydrogens is 452 g/mol. The van der Waals surface area contributed by atoms with E-state index in [0.29, 0.717) is 27.2 Å². The number of nitrogens with one attached hydrogen (secondary N) is 2. The van der Waals surface area contributed by atoms with E-state index in [-0.39, 0.29) is 11.3 Å². The highest BCUT2D eigenvalue weighted by atomic mass is 32.2. The molecule has 9 nitrogen and oxygen atoms in total. The smallest absolute Gasteiger partial charge is 0.267 e. The largest absolute Gasteiger partial charge is 0.290 e. The van der Waals surface area contributed by atoms with Gasteiger partial charge in [0.15, 0.2) is 10.9 Å². The average Bonchev–Trinajstić information content (AvgIpc) is 2.83. The zero-order valence-corrected chi connectivity index (χ0v) is 19.6. The van der Waals surface area contributed by atoms with Gasteiger partial charge >= 0.3 is 0 Å². The van der Waals surface area contributed by atoms with Crippen molar-refractivity contribution in [2.75, 3.05) is 0 Å². The molecular formula is C24H22N6O3S. The molecule has 34 heavy (non-hydrogen) atoms. The first-order valence-corrected chi connectivity index (χ1v) is 11.4. The molecule has 0 aliphatic carbocycles. The van der Waals surface area contributed by atoms with E-state index in [1.807, 2.05) is 32.0 Å². The van der Waals surface area contributed by atoms with Gasteiger partial charge in [-0.1, -0.05) is 42.1 Å². The molecule has 4 rings (SSSR count). The molecule has 2 heterocycles. The van der Waals surface area contributed by atoms with Gasteiger partial charge in [-0.15, -0.1) is 0 Å². The summed E-state index contributed by atoms with van der Waals surface area (Å²) in [6.45, 7) is 3.87. The van der Waals surface area contributed by atoms with Crippen LogP contribution in [-0.2, 0) is 12.8 Å². The maximum atomic E-state index is 12.7. The van der Waals surface area contributed by atoms with Crippen molar-refractivity contribution in [1.82, 2.24) is 30.6 Å². The molecule has 0 unspecified atom stereocenters. The highest BCUT2D eigenvalue weighted by Gasteiger charge is 2.16. The standard InChI is InChI=1S/C24H22N6O3S/c1-14-12-15(2)26-24(25-14)34-13-16-8-10-17(11-9-16)21(31)27-28-22(32)20-18-6-4-5-7-19(18)23(33)30(3)29-20/h4-12H,13H2,1-3H3,(H,27,31)(H,28,32). The second kappa shape index (κ2) is 9.84. The predicted octanol–water partition coefficient (Wildman–Crippen LogP) is 2.71. The third-order valence-electron chi connectivity index (χ3n) is 5.01. The number of fused-ring (bicyclic) bond motifs is 1. The molecule has 0 radical (unpaired) electrons. The third-order valence-corrected chi connectivity index (χ3v) is 5.93. The number of rotatable bonds is 5. The monoisotopic (exact) mass is 474 g/mol. The number of amides is 2. The van der Waals surface area contributed by atoms with E-state index in [1.54, 1.807) is 36.4 Å². The van der Waals surface area contributed by atoms with E-state index in [2.05, 4.69) is 25.9 Å². The third kappa shape index (κ3) is 5.12. The lowest BCUT2D eigenvalue weighted by Crippen LogP contribution is -2.42. The van der Waals surface area contributed by atoms with Gasteiger partial charge in [0.2, 0.25) is 0 Å². The molecule has 0 bridgehead atoms. The number of hydrogen-bond acceptors (Lipinski definition) is 7. The Morgan fingerprint density at radius 3 is 2.21 bits per heavy atom. The molecule has 10 heteroatoms. The summed E-state index contributed by atoms with van der Waals surface area (Å²) in [6, 6.07) is 15.7. The van der Waals surface area contributed by atoms with Crippen LogP contribution in [0.2, 0.25) is 0 Å². The van der Waals surface area contributed by atoms with Crippen molar-refractivity contribution in [2.24, 2.45) is 7.05 Å². The lowest BCUT2D eigenvalue weighted by Gasteiger charge is -2.10. The first-order chi connectivity index (χ1) is 16.3. The quantitative estimate of drug-likeness (QED) is 0.259. The van der Waals surface area contributed by atoms with Gasteiger partial charge in [0.05, 0.1) is 5.39 Å². The fraction of sp³-hybridized carbons (Fsp3) is 0.167. The SMILES string of the molecule is Cc1cc(C)nc(SCc2ccc(C(=O)NNC(=O)c3nn(C)c(=O)c4ccccc34)cc2)n1. The van der Waals surface area contributed by atoms with Crippen molar-refractivity contribution in [3.63, 3.8) is 0 Å². The Hall–Kier alpha value is -4.05. The normalized spacial score (nSPS) is 10.8. The van der Waals surface area contributed by atoms with E-state index in [0.717, 1.165) is 21.6 Å². The Morgan fingerprint density at radius 2 is 1.53 bits per heavy atom. The molecule has 2 aromatic carbocycles. The van der Waals surface area contributed by atoms with E-state index < -0.39 is 11.8 Å². The van der Waals surface area contributed by atoms with Crippen LogP contribution in [0, 0.1) is 13.8 Å². The van der Waals surface area contributed by atoms with E-state index in [4.69, 9.17) is 0 Å². The van der Waals surface area contributed by atoms with Crippen molar-refractivity contribution < 1.29 is 9.59 Å². The number of hydrazine groups is 1. The lowest BCUT2D eigenvalue weighted by atomic mass is 10.1. The number of aromatic nitrogens is 4. The van der Waals surface area contributed by atoms with Crippen LogP contribution in [0.3, 0.4) is 0 Å². The van der Waals surface area contributed by atoms with E-state index >= 15 is 0 Å². The fourth-order valence-electron chi connectivity index (χ4n) is 3.37. The maximum absolute atomic E-state index is 12.7. The highest BCUT2D eigenvalue weighted by molar-refractivity contribution is 7.98. The van der Waals surface area contributed by atoms with Crippen LogP contribution in [0.5, 0.6) is 0 Å². The molecule has 2 aromatic heterocycles. The van der Waals surface area contributed by atoms with Gasteiger partial charge in [0.1, 0.15) is 0 Å². The molecule has 0 atom stereocenters. The minimum absolute atomic E-state index is 0.0407. The molecule has 0 saturated heterocycles. The molecule has 172 valence electrons. The first-order valence-electron chi connectivity index (χ1n) is 10.4. The highest BCUT2D eigenvalue weighted by Crippen LogP contribution is 2.20. The summed E-state index contributed by atoms with van der Waals surface area (Å²) in [6.07, 6.45) is 0. The zero-order chi connectivity index (χ0) is 24.2. The van der Waals surface area contributed by atoms with Crippen molar-refractivity contribution in [1.29, 1.82) is 0 Å². The molecule has 0 fully saturated rings. The Kier molecular flexibility index (Phi) is 6.69. The Morgan fingerprint density at radius 1 is 0.912 bits per heavy atom. The molecule has 4 aromatic rings. The summed E-state index contributed by atoms with van der Waals surface area (Å²) in [7, 11) is 1.47. The van der Waals surface area contributed by atoms with Crippen LogP contribution in [0.25, 0.3) is 10.8 Å². The Balaban J connectivity index is 1.39. The molecule has 2 N–H and O–H groups in total. The van der Waals surface area contributed by atoms with E-state index in [1.165, 1.54) is 18.8 Å². The van der Waals surface area contributed by atoms with Crippen LogP contribution in [0.15, 0.2) is 64.5 Å².